The summed E-state index contributed by atoms with van der Waals surface area (Å²) in [6.45, 7) is 0. The summed E-state index contributed by atoms with van der Waals surface area (Å²) in [6, 6.07) is 22.4. The van der Waals surface area contributed by atoms with Crippen LogP contribution in [0, 0.1) is 0 Å². The van der Waals surface area contributed by atoms with Crippen molar-refractivity contribution >= 4 is 12.2 Å². The fourth-order valence-electron chi connectivity index (χ4n) is 3.37. The van der Waals surface area contributed by atoms with Gasteiger partial charge in [-0.25, -0.2) is 15.4 Å². The average molecular weight is 457 g/mol. The molecule has 0 aliphatic carbocycles. The standard InChI is InChI=1S/C26H24N4O4/c1-32-22-13-12-18(14-24(22)34-3)21-15-20(17-8-5-4-6-9-17)28-26(29-21)30-27-16-19-10-7-11-23(33-2)25(19)31/h4-16,31H,1-3H3,(H,28,29,30). The number of aromatic hydroxyl groups is 1. The lowest BCUT2D eigenvalue weighted by molar-refractivity contribution is 0.355. The summed E-state index contributed by atoms with van der Waals surface area (Å²) in [4.78, 5) is 9.24. The number of ether oxygens (including phenoxy) is 3. The summed E-state index contributed by atoms with van der Waals surface area (Å²) in [5.74, 6) is 1.89. The molecule has 0 spiro atoms. The van der Waals surface area contributed by atoms with E-state index in [1.807, 2.05) is 54.6 Å². The van der Waals surface area contributed by atoms with Crippen LogP contribution in [0.5, 0.6) is 23.0 Å². The summed E-state index contributed by atoms with van der Waals surface area (Å²) in [6.07, 6.45) is 1.48. The van der Waals surface area contributed by atoms with Gasteiger partial charge in [-0.3, -0.25) is 0 Å². The van der Waals surface area contributed by atoms with Crippen molar-refractivity contribution < 1.29 is 19.3 Å². The second-order valence-electron chi connectivity index (χ2n) is 7.17. The Hall–Kier alpha value is -4.59. The Labute approximate surface area is 197 Å². The summed E-state index contributed by atoms with van der Waals surface area (Å²) in [5, 5.41) is 14.5. The van der Waals surface area contributed by atoms with Gasteiger partial charge in [0.05, 0.1) is 38.9 Å². The highest BCUT2D eigenvalue weighted by atomic mass is 16.5. The highest BCUT2D eigenvalue weighted by Crippen LogP contribution is 2.33. The Bertz CT molecular complexity index is 1310. The number of hydrazone groups is 1. The Kier molecular flexibility index (Phi) is 6.88. The summed E-state index contributed by atoms with van der Waals surface area (Å²) in [5.41, 5.74) is 6.53. The zero-order valence-electron chi connectivity index (χ0n) is 19.0. The molecule has 3 aromatic carbocycles. The van der Waals surface area contributed by atoms with E-state index in [1.165, 1.54) is 13.3 Å². The Morgan fingerprint density at radius 1 is 0.735 bits per heavy atom. The van der Waals surface area contributed by atoms with Gasteiger partial charge in [-0.1, -0.05) is 36.4 Å². The van der Waals surface area contributed by atoms with Crippen LogP contribution in [-0.2, 0) is 0 Å². The number of rotatable bonds is 8. The summed E-state index contributed by atoms with van der Waals surface area (Å²) in [7, 11) is 4.68. The zero-order chi connectivity index (χ0) is 23.9. The number of hydrogen-bond donors (Lipinski definition) is 2. The van der Waals surface area contributed by atoms with Crippen LogP contribution in [0.15, 0.2) is 77.9 Å². The predicted molar refractivity (Wildman–Crippen MR) is 132 cm³/mol. The van der Waals surface area contributed by atoms with Crippen LogP contribution in [0.3, 0.4) is 0 Å². The minimum absolute atomic E-state index is 0.000483. The van der Waals surface area contributed by atoms with Crippen molar-refractivity contribution in [2.45, 2.75) is 0 Å². The molecule has 1 aromatic heterocycles. The molecule has 8 heteroatoms. The lowest BCUT2D eigenvalue weighted by Crippen LogP contribution is -2.01. The van der Waals surface area contributed by atoms with Gasteiger partial charge in [0.1, 0.15) is 0 Å². The Morgan fingerprint density at radius 3 is 2.15 bits per heavy atom. The number of nitrogens with zero attached hydrogens (tertiary/aromatic N) is 3. The van der Waals surface area contributed by atoms with Gasteiger partial charge in [0.15, 0.2) is 23.0 Å². The minimum Gasteiger partial charge on any atom is -0.504 e. The normalized spacial score (nSPS) is 10.8. The van der Waals surface area contributed by atoms with Crippen molar-refractivity contribution in [3.63, 3.8) is 0 Å². The van der Waals surface area contributed by atoms with Crippen molar-refractivity contribution in [1.29, 1.82) is 0 Å². The van der Waals surface area contributed by atoms with Gasteiger partial charge in [0.2, 0.25) is 5.95 Å². The molecular formula is C26H24N4O4. The monoisotopic (exact) mass is 456 g/mol. The van der Waals surface area contributed by atoms with Crippen LogP contribution in [0.4, 0.5) is 5.95 Å². The third-order valence-corrected chi connectivity index (χ3v) is 5.09. The Morgan fingerprint density at radius 2 is 1.44 bits per heavy atom. The first-order valence-electron chi connectivity index (χ1n) is 10.4. The van der Waals surface area contributed by atoms with Crippen molar-refractivity contribution in [2.24, 2.45) is 5.10 Å². The maximum atomic E-state index is 10.3. The molecule has 2 N–H and O–H groups in total. The van der Waals surface area contributed by atoms with E-state index in [9.17, 15) is 5.11 Å². The molecule has 0 saturated carbocycles. The van der Waals surface area contributed by atoms with Crippen LogP contribution in [0.1, 0.15) is 5.56 Å². The summed E-state index contributed by atoms with van der Waals surface area (Å²) >= 11 is 0. The maximum Gasteiger partial charge on any atom is 0.244 e. The van der Waals surface area contributed by atoms with Gasteiger partial charge in [-0.05, 0) is 36.4 Å². The van der Waals surface area contributed by atoms with Crippen LogP contribution >= 0.6 is 0 Å². The van der Waals surface area contributed by atoms with Gasteiger partial charge in [-0.15, -0.1) is 0 Å². The van der Waals surface area contributed by atoms with Gasteiger partial charge in [-0.2, -0.15) is 5.10 Å². The van der Waals surface area contributed by atoms with E-state index in [2.05, 4.69) is 20.5 Å². The molecular weight excluding hydrogens is 432 g/mol. The number of benzene rings is 3. The summed E-state index contributed by atoms with van der Waals surface area (Å²) < 4.78 is 15.9. The molecule has 172 valence electrons. The van der Waals surface area contributed by atoms with Gasteiger partial charge in [0, 0.05) is 16.7 Å². The Balaban J connectivity index is 1.71. The first-order valence-corrected chi connectivity index (χ1v) is 10.4. The highest BCUT2D eigenvalue weighted by Gasteiger charge is 2.12. The van der Waals surface area contributed by atoms with Crippen LogP contribution in [-0.4, -0.2) is 42.6 Å². The van der Waals surface area contributed by atoms with Crippen molar-refractivity contribution in [3.05, 3.63) is 78.4 Å². The molecule has 0 aliphatic rings. The number of anilines is 1. The van der Waals surface area contributed by atoms with E-state index >= 15 is 0 Å². The van der Waals surface area contributed by atoms with Crippen molar-refractivity contribution in [3.8, 4) is 45.5 Å². The third kappa shape index (κ3) is 4.91. The number of aromatic nitrogens is 2. The third-order valence-electron chi connectivity index (χ3n) is 5.09. The molecule has 1 heterocycles. The molecule has 4 aromatic rings. The molecule has 0 fully saturated rings. The molecule has 4 rings (SSSR count). The number of hydrogen-bond acceptors (Lipinski definition) is 8. The van der Waals surface area contributed by atoms with E-state index in [0.717, 1.165) is 16.8 Å². The maximum absolute atomic E-state index is 10.3. The fraction of sp³-hybridized carbons (Fsp3) is 0.115. The largest absolute Gasteiger partial charge is 0.504 e. The first-order chi connectivity index (χ1) is 16.6. The average Bonchev–Trinajstić information content (AvgIpc) is 2.89. The molecule has 0 saturated heterocycles. The topological polar surface area (TPSA) is 98.1 Å². The molecule has 34 heavy (non-hydrogen) atoms. The molecule has 0 aliphatic heterocycles. The van der Waals surface area contributed by atoms with Crippen molar-refractivity contribution in [2.75, 3.05) is 26.8 Å². The van der Waals surface area contributed by atoms with Crippen LogP contribution < -0.4 is 19.6 Å². The zero-order valence-corrected chi connectivity index (χ0v) is 19.0. The van der Waals surface area contributed by atoms with Crippen molar-refractivity contribution in [1.82, 2.24) is 9.97 Å². The van der Waals surface area contributed by atoms with Gasteiger partial charge in [0.25, 0.3) is 0 Å². The van der Waals surface area contributed by atoms with Crippen LogP contribution in [0.2, 0.25) is 0 Å². The second kappa shape index (κ2) is 10.4. The van der Waals surface area contributed by atoms with E-state index in [4.69, 9.17) is 14.2 Å². The predicted octanol–water partition coefficient (Wildman–Crippen LogP) is 4.99. The quantitative estimate of drug-likeness (QED) is 0.285. The lowest BCUT2D eigenvalue weighted by Gasteiger charge is -2.11. The number of para-hydroxylation sites is 1. The van der Waals surface area contributed by atoms with E-state index < -0.39 is 0 Å². The van der Waals surface area contributed by atoms with Crippen LogP contribution in [0.25, 0.3) is 22.5 Å². The van der Waals surface area contributed by atoms with Gasteiger partial charge >= 0.3 is 0 Å². The first kappa shape index (κ1) is 22.6. The number of methoxy groups -OCH3 is 3. The van der Waals surface area contributed by atoms with Gasteiger partial charge < -0.3 is 19.3 Å². The molecule has 0 bridgehead atoms. The van der Waals surface area contributed by atoms with E-state index in [-0.39, 0.29) is 5.75 Å². The second-order valence-corrected chi connectivity index (χ2v) is 7.17. The SMILES string of the molecule is COc1ccc(-c2cc(-c3ccccc3)nc(NN=Cc3cccc(OC)c3O)n2)cc1OC. The van der Waals surface area contributed by atoms with E-state index in [1.54, 1.807) is 32.4 Å². The molecule has 0 radical (unpaired) electrons. The fourth-order valence-corrected chi connectivity index (χ4v) is 3.37. The molecule has 8 nitrogen and oxygen atoms in total. The smallest absolute Gasteiger partial charge is 0.244 e. The molecule has 0 amide bonds. The number of nitrogens with one attached hydrogen (secondary N) is 1. The lowest BCUT2D eigenvalue weighted by atomic mass is 10.1. The number of phenols is 1. The number of phenolic OH excluding ortho intramolecular Hbond substituents is 1. The van der Waals surface area contributed by atoms with E-state index in [0.29, 0.717) is 34.5 Å². The minimum atomic E-state index is 0.000483. The molecule has 0 atom stereocenters. The highest BCUT2D eigenvalue weighted by molar-refractivity contribution is 5.85. The molecule has 0 unspecified atom stereocenters.